The average Bonchev–Trinajstić information content (AvgIpc) is 2.29. The molecule has 0 saturated heterocycles. The van der Waals surface area contributed by atoms with E-state index in [2.05, 4.69) is 0 Å². The van der Waals surface area contributed by atoms with E-state index in [1.54, 1.807) is 11.3 Å². The average molecular weight is 206 g/mol. The zero-order valence-corrected chi connectivity index (χ0v) is 8.28. The van der Waals surface area contributed by atoms with Crippen LogP contribution in [0.3, 0.4) is 0 Å². The van der Waals surface area contributed by atoms with E-state index in [-0.39, 0.29) is 5.75 Å². The van der Waals surface area contributed by atoms with E-state index in [4.69, 9.17) is 4.55 Å². The molecule has 1 N–H and O–H groups in total. The normalized spacial score (nSPS) is 11.8. The first-order chi connectivity index (χ1) is 5.49. The molecule has 0 aliphatic heterocycles. The molecule has 0 unspecified atom stereocenters. The van der Waals surface area contributed by atoms with E-state index in [0.29, 0.717) is 6.42 Å². The van der Waals surface area contributed by atoms with Crippen LogP contribution in [0.15, 0.2) is 11.4 Å². The Morgan fingerprint density at radius 1 is 1.58 bits per heavy atom. The minimum atomic E-state index is -3.81. The lowest BCUT2D eigenvalue weighted by atomic mass is 10.2. The number of hydrogen-bond acceptors (Lipinski definition) is 3. The maximum Gasteiger partial charge on any atom is 0.265 e. The topological polar surface area (TPSA) is 54.4 Å². The molecule has 1 aromatic rings. The summed E-state index contributed by atoms with van der Waals surface area (Å²) in [6.45, 7) is 1.93. The number of rotatable bonds is 3. The zero-order chi connectivity index (χ0) is 9.19. The van der Waals surface area contributed by atoms with Crippen molar-refractivity contribution in [2.45, 2.75) is 13.3 Å². The molecule has 1 rings (SSSR count). The van der Waals surface area contributed by atoms with E-state index < -0.39 is 10.1 Å². The van der Waals surface area contributed by atoms with Gasteiger partial charge in [-0.05, 0) is 30.4 Å². The van der Waals surface area contributed by atoms with Crippen molar-refractivity contribution >= 4 is 21.5 Å². The maximum atomic E-state index is 10.4. The van der Waals surface area contributed by atoms with Gasteiger partial charge in [-0.15, -0.1) is 11.3 Å². The molecule has 5 heteroatoms. The molecule has 0 saturated carbocycles. The molecular weight excluding hydrogens is 196 g/mol. The van der Waals surface area contributed by atoms with E-state index >= 15 is 0 Å². The lowest BCUT2D eigenvalue weighted by Gasteiger charge is -1.96. The molecule has 1 aromatic heterocycles. The van der Waals surface area contributed by atoms with Crippen LogP contribution in [0.2, 0.25) is 0 Å². The van der Waals surface area contributed by atoms with Gasteiger partial charge in [0.25, 0.3) is 10.1 Å². The van der Waals surface area contributed by atoms with Gasteiger partial charge in [0, 0.05) is 4.88 Å². The Bertz CT molecular complexity index is 350. The molecule has 68 valence electrons. The fourth-order valence-corrected chi connectivity index (χ4v) is 2.15. The highest BCUT2D eigenvalue weighted by molar-refractivity contribution is 7.85. The number of hydrogen-bond donors (Lipinski definition) is 1. The third-order valence-corrected chi connectivity index (χ3v) is 3.20. The molecule has 0 bridgehead atoms. The predicted octanol–water partition coefficient (Wildman–Crippen LogP) is 1.49. The van der Waals surface area contributed by atoms with E-state index in [0.717, 1.165) is 10.4 Å². The second kappa shape index (κ2) is 3.55. The lowest BCUT2D eigenvalue weighted by molar-refractivity contribution is 0.482. The summed E-state index contributed by atoms with van der Waals surface area (Å²) in [5.41, 5.74) is 0.998. The van der Waals surface area contributed by atoms with Crippen LogP contribution in [0.25, 0.3) is 0 Å². The highest BCUT2D eigenvalue weighted by atomic mass is 32.2. The molecule has 0 aromatic carbocycles. The van der Waals surface area contributed by atoms with Crippen LogP contribution in [-0.4, -0.2) is 18.7 Å². The molecule has 0 aliphatic rings. The van der Waals surface area contributed by atoms with Crippen LogP contribution in [0.1, 0.15) is 10.4 Å². The van der Waals surface area contributed by atoms with Gasteiger partial charge in [-0.2, -0.15) is 8.42 Å². The third-order valence-electron chi connectivity index (χ3n) is 1.60. The molecule has 3 nitrogen and oxygen atoms in total. The molecule has 0 amide bonds. The number of thiophene rings is 1. The second-order valence-electron chi connectivity index (χ2n) is 2.54. The Kier molecular flexibility index (Phi) is 2.87. The minimum absolute atomic E-state index is 0.190. The molecule has 0 radical (unpaired) electrons. The smallest absolute Gasteiger partial charge is 0.265 e. The van der Waals surface area contributed by atoms with Crippen molar-refractivity contribution in [1.82, 2.24) is 0 Å². The van der Waals surface area contributed by atoms with Gasteiger partial charge >= 0.3 is 0 Å². The summed E-state index contributed by atoms with van der Waals surface area (Å²) in [5, 5.41) is 1.91. The molecule has 0 fully saturated rings. The van der Waals surface area contributed by atoms with Crippen LogP contribution >= 0.6 is 11.3 Å². The predicted molar refractivity (Wildman–Crippen MR) is 49.2 cm³/mol. The third kappa shape index (κ3) is 2.92. The number of aryl methyl sites for hydroxylation is 2. The van der Waals surface area contributed by atoms with Gasteiger partial charge in [-0.1, -0.05) is 0 Å². The summed E-state index contributed by atoms with van der Waals surface area (Å²) in [5.74, 6) is -0.190. The van der Waals surface area contributed by atoms with Gasteiger partial charge in [-0.25, -0.2) is 0 Å². The Labute approximate surface area is 75.8 Å². The van der Waals surface area contributed by atoms with Crippen molar-refractivity contribution < 1.29 is 13.0 Å². The Morgan fingerprint density at radius 3 is 2.67 bits per heavy atom. The molecule has 12 heavy (non-hydrogen) atoms. The van der Waals surface area contributed by atoms with E-state index in [9.17, 15) is 8.42 Å². The Morgan fingerprint density at radius 2 is 2.25 bits per heavy atom. The first-order valence-electron chi connectivity index (χ1n) is 3.47. The van der Waals surface area contributed by atoms with Crippen LogP contribution in [0.5, 0.6) is 0 Å². The van der Waals surface area contributed by atoms with Crippen molar-refractivity contribution in [3.8, 4) is 0 Å². The van der Waals surface area contributed by atoms with Gasteiger partial charge in [0.1, 0.15) is 0 Å². The Hall–Kier alpha value is -0.390. The van der Waals surface area contributed by atoms with Crippen LogP contribution in [0.4, 0.5) is 0 Å². The van der Waals surface area contributed by atoms with Crippen molar-refractivity contribution in [2.75, 3.05) is 5.75 Å². The molecule has 0 aliphatic carbocycles. The minimum Gasteiger partial charge on any atom is -0.286 e. The summed E-state index contributed by atoms with van der Waals surface area (Å²) in [4.78, 5) is 1.11. The van der Waals surface area contributed by atoms with Gasteiger partial charge in [0.05, 0.1) is 5.75 Å². The molecule has 0 spiro atoms. The van der Waals surface area contributed by atoms with Crippen LogP contribution in [-0.2, 0) is 16.5 Å². The largest absolute Gasteiger partial charge is 0.286 e. The standard InChI is InChI=1S/C7H10O3S2/c1-6-7(2-4-11-6)3-5-12(8,9)10/h2,4H,3,5H2,1H3,(H,8,9,10). The summed E-state index contributed by atoms with van der Waals surface area (Å²) in [6.07, 6.45) is 0.397. The summed E-state index contributed by atoms with van der Waals surface area (Å²) >= 11 is 1.58. The van der Waals surface area contributed by atoms with E-state index in [1.807, 2.05) is 18.4 Å². The summed E-state index contributed by atoms with van der Waals surface area (Å²) in [6, 6.07) is 1.88. The maximum absolute atomic E-state index is 10.4. The molecular formula is C7H10O3S2. The van der Waals surface area contributed by atoms with Gasteiger partial charge in [0.15, 0.2) is 0 Å². The highest BCUT2D eigenvalue weighted by Gasteiger charge is 2.06. The van der Waals surface area contributed by atoms with Gasteiger partial charge < -0.3 is 0 Å². The Balaban J connectivity index is 2.61. The van der Waals surface area contributed by atoms with Crippen LogP contribution in [0, 0.1) is 6.92 Å². The van der Waals surface area contributed by atoms with Crippen molar-refractivity contribution in [2.24, 2.45) is 0 Å². The quantitative estimate of drug-likeness (QED) is 0.762. The van der Waals surface area contributed by atoms with E-state index in [1.165, 1.54) is 0 Å². The fourth-order valence-electron chi connectivity index (χ4n) is 0.910. The van der Waals surface area contributed by atoms with Crippen molar-refractivity contribution in [3.63, 3.8) is 0 Å². The zero-order valence-electron chi connectivity index (χ0n) is 6.65. The monoisotopic (exact) mass is 206 g/mol. The second-order valence-corrected chi connectivity index (χ2v) is 5.23. The van der Waals surface area contributed by atoms with Crippen molar-refractivity contribution in [1.29, 1.82) is 0 Å². The SMILES string of the molecule is Cc1sccc1CCS(=O)(=O)O. The first-order valence-corrected chi connectivity index (χ1v) is 5.96. The summed E-state index contributed by atoms with van der Waals surface area (Å²) in [7, 11) is -3.81. The van der Waals surface area contributed by atoms with Gasteiger partial charge in [-0.3, -0.25) is 4.55 Å². The molecule has 0 atom stereocenters. The van der Waals surface area contributed by atoms with Gasteiger partial charge in [0.2, 0.25) is 0 Å². The lowest BCUT2D eigenvalue weighted by Crippen LogP contribution is -2.06. The first kappa shape index (κ1) is 9.70. The summed E-state index contributed by atoms with van der Waals surface area (Å²) < 4.78 is 29.3. The van der Waals surface area contributed by atoms with Crippen molar-refractivity contribution in [3.05, 3.63) is 21.9 Å². The fraction of sp³-hybridized carbons (Fsp3) is 0.429. The highest BCUT2D eigenvalue weighted by Crippen LogP contribution is 2.15. The van der Waals surface area contributed by atoms with Crippen LogP contribution < -0.4 is 0 Å². The molecule has 1 heterocycles.